The Balaban J connectivity index is 1.97. The minimum atomic E-state index is -0.0337. The third-order valence-electron chi connectivity index (χ3n) is 3.98. The molecule has 2 aromatic rings. The number of hydrogen-bond donors (Lipinski definition) is 1. The number of carbonyl (C=O) groups excluding carboxylic acids is 1. The Kier molecular flexibility index (Phi) is 4.08. The molecule has 4 nitrogen and oxygen atoms in total. The zero-order valence-corrected chi connectivity index (χ0v) is 12.4. The number of likely N-dealkylation sites (tertiary alicyclic amines) is 1. The predicted molar refractivity (Wildman–Crippen MR) is 82.5 cm³/mol. The van der Waals surface area contributed by atoms with Crippen LogP contribution in [-0.4, -0.2) is 40.6 Å². The van der Waals surface area contributed by atoms with Crippen molar-refractivity contribution < 1.29 is 9.90 Å². The second-order valence-electron chi connectivity index (χ2n) is 5.45. The fraction of sp³-hybridized carbons (Fsp3) is 0.375. The molecule has 1 aliphatic rings. The molecule has 1 fully saturated rings. The molecule has 21 heavy (non-hydrogen) atoms. The summed E-state index contributed by atoms with van der Waals surface area (Å²) in [5.41, 5.74) is 1.31. The van der Waals surface area contributed by atoms with E-state index in [9.17, 15) is 9.90 Å². The van der Waals surface area contributed by atoms with Crippen LogP contribution in [-0.2, 0) is 0 Å². The van der Waals surface area contributed by atoms with Crippen molar-refractivity contribution in [2.24, 2.45) is 5.92 Å². The fourth-order valence-electron chi connectivity index (χ4n) is 2.89. The van der Waals surface area contributed by atoms with E-state index in [2.05, 4.69) is 4.98 Å². The molecule has 1 amide bonds. The maximum Gasteiger partial charge on any atom is 0.254 e. The van der Waals surface area contributed by atoms with Crippen molar-refractivity contribution >= 4 is 28.4 Å². The number of pyridine rings is 1. The molecule has 1 aromatic heterocycles. The van der Waals surface area contributed by atoms with E-state index in [1.807, 2.05) is 29.2 Å². The van der Waals surface area contributed by atoms with Crippen LogP contribution in [0.3, 0.4) is 0 Å². The zero-order valence-electron chi connectivity index (χ0n) is 11.6. The zero-order chi connectivity index (χ0) is 14.8. The first-order chi connectivity index (χ1) is 10.2. The molecule has 1 atom stereocenters. The van der Waals surface area contributed by atoms with E-state index in [4.69, 9.17) is 11.6 Å². The van der Waals surface area contributed by atoms with Gasteiger partial charge in [0.15, 0.2) is 0 Å². The largest absolute Gasteiger partial charge is 0.396 e. The molecule has 0 saturated carbocycles. The van der Waals surface area contributed by atoms with E-state index in [1.54, 1.807) is 6.07 Å². The molecule has 1 N–H and O–H groups in total. The van der Waals surface area contributed by atoms with Gasteiger partial charge < -0.3 is 10.0 Å². The van der Waals surface area contributed by atoms with Crippen LogP contribution in [0, 0.1) is 5.92 Å². The summed E-state index contributed by atoms with van der Waals surface area (Å²) >= 11 is 6.04. The summed E-state index contributed by atoms with van der Waals surface area (Å²) < 4.78 is 0. The first-order valence-electron chi connectivity index (χ1n) is 7.14. The summed E-state index contributed by atoms with van der Waals surface area (Å²) in [5, 5.41) is 10.5. The number of aromatic nitrogens is 1. The SMILES string of the molecule is O=C(c1cc(Cl)nc2ccccc12)N1CCCC(CO)C1. The van der Waals surface area contributed by atoms with Crippen molar-refractivity contribution in [1.82, 2.24) is 9.88 Å². The third kappa shape index (κ3) is 2.87. The van der Waals surface area contributed by atoms with Gasteiger partial charge in [0.05, 0.1) is 11.1 Å². The van der Waals surface area contributed by atoms with E-state index >= 15 is 0 Å². The highest BCUT2D eigenvalue weighted by molar-refractivity contribution is 6.30. The average molecular weight is 305 g/mol. The Morgan fingerprint density at radius 3 is 3.05 bits per heavy atom. The molecule has 5 heteroatoms. The van der Waals surface area contributed by atoms with Crippen LogP contribution in [0.1, 0.15) is 23.2 Å². The molecule has 0 radical (unpaired) electrons. The molecule has 3 rings (SSSR count). The number of halogens is 1. The normalized spacial score (nSPS) is 19.0. The lowest BCUT2D eigenvalue weighted by Crippen LogP contribution is -2.41. The lowest BCUT2D eigenvalue weighted by atomic mass is 9.98. The summed E-state index contributed by atoms with van der Waals surface area (Å²) in [6, 6.07) is 9.14. The second kappa shape index (κ2) is 6.00. The summed E-state index contributed by atoms with van der Waals surface area (Å²) in [6.07, 6.45) is 1.89. The molecule has 1 aliphatic heterocycles. The van der Waals surface area contributed by atoms with Gasteiger partial charge in [-0.2, -0.15) is 0 Å². The summed E-state index contributed by atoms with van der Waals surface area (Å²) in [7, 11) is 0. The van der Waals surface area contributed by atoms with E-state index in [1.165, 1.54) is 0 Å². The van der Waals surface area contributed by atoms with Gasteiger partial charge in [-0.15, -0.1) is 0 Å². The first-order valence-corrected chi connectivity index (χ1v) is 7.52. The monoisotopic (exact) mass is 304 g/mol. The number of piperidine rings is 1. The van der Waals surface area contributed by atoms with Gasteiger partial charge in [-0.05, 0) is 30.9 Å². The Morgan fingerprint density at radius 2 is 2.24 bits per heavy atom. The minimum Gasteiger partial charge on any atom is -0.396 e. The average Bonchev–Trinajstić information content (AvgIpc) is 2.53. The molecular formula is C16H17ClN2O2. The lowest BCUT2D eigenvalue weighted by Gasteiger charge is -2.32. The lowest BCUT2D eigenvalue weighted by molar-refractivity contribution is 0.0622. The number of carbonyl (C=O) groups is 1. The highest BCUT2D eigenvalue weighted by atomic mass is 35.5. The smallest absolute Gasteiger partial charge is 0.254 e. The van der Waals surface area contributed by atoms with Crippen LogP contribution in [0.5, 0.6) is 0 Å². The van der Waals surface area contributed by atoms with Crippen LogP contribution in [0.4, 0.5) is 0 Å². The van der Waals surface area contributed by atoms with Gasteiger partial charge >= 0.3 is 0 Å². The van der Waals surface area contributed by atoms with Crippen molar-refractivity contribution in [3.8, 4) is 0 Å². The Bertz CT molecular complexity index is 674. The molecule has 2 heterocycles. The highest BCUT2D eigenvalue weighted by Gasteiger charge is 2.25. The van der Waals surface area contributed by atoms with Crippen molar-refractivity contribution in [1.29, 1.82) is 0 Å². The van der Waals surface area contributed by atoms with Crippen LogP contribution < -0.4 is 0 Å². The van der Waals surface area contributed by atoms with Gasteiger partial charge in [-0.1, -0.05) is 29.8 Å². The number of amides is 1. The molecule has 0 bridgehead atoms. The van der Waals surface area contributed by atoms with Gasteiger partial charge in [-0.3, -0.25) is 4.79 Å². The van der Waals surface area contributed by atoms with Crippen molar-refractivity contribution in [2.75, 3.05) is 19.7 Å². The topological polar surface area (TPSA) is 53.4 Å². The van der Waals surface area contributed by atoms with Gasteiger partial charge in [0.1, 0.15) is 5.15 Å². The quantitative estimate of drug-likeness (QED) is 0.868. The van der Waals surface area contributed by atoms with Gasteiger partial charge in [0, 0.05) is 25.1 Å². The molecule has 1 aromatic carbocycles. The maximum atomic E-state index is 12.8. The molecule has 0 spiro atoms. The summed E-state index contributed by atoms with van der Waals surface area (Å²) in [5.74, 6) is 0.139. The summed E-state index contributed by atoms with van der Waals surface area (Å²) in [6.45, 7) is 1.45. The number of rotatable bonds is 2. The number of benzene rings is 1. The Hall–Kier alpha value is -1.65. The van der Waals surface area contributed by atoms with E-state index in [-0.39, 0.29) is 18.4 Å². The minimum absolute atomic E-state index is 0.0337. The van der Waals surface area contributed by atoms with Crippen molar-refractivity contribution in [3.63, 3.8) is 0 Å². The molecule has 110 valence electrons. The number of aliphatic hydroxyl groups excluding tert-OH is 1. The Morgan fingerprint density at radius 1 is 1.43 bits per heavy atom. The van der Waals surface area contributed by atoms with E-state index in [0.29, 0.717) is 17.3 Å². The standard InChI is InChI=1S/C16H17ClN2O2/c17-15-8-13(12-5-1-2-6-14(12)18-15)16(21)19-7-3-4-11(9-19)10-20/h1-2,5-6,8,11,20H,3-4,7,9-10H2. The number of hydrogen-bond acceptors (Lipinski definition) is 3. The van der Waals surface area contributed by atoms with Gasteiger partial charge in [0.25, 0.3) is 5.91 Å². The molecule has 1 unspecified atom stereocenters. The molecular weight excluding hydrogens is 288 g/mol. The second-order valence-corrected chi connectivity index (χ2v) is 5.84. The third-order valence-corrected chi connectivity index (χ3v) is 4.17. The predicted octanol–water partition coefficient (Wildman–Crippen LogP) is 2.73. The van der Waals surface area contributed by atoms with Gasteiger partial charge in [0.2, 0.25) is 0 Å². The number of fused-ring (bicyclic) bond motifs is 1. The van der Waals surface area contributed by atoms with Crippen LogP contribution in [0.15, 0.2) is 30.3 Å². The van der Waals surface area contributed by atoms with Crippen LogP contribution >= 0.6 is 11.6 Å². The number of aliphatic hydroxyl groups is 1. The molecule has 0 aliphatic carbocycles. The maximum absolute atomic E-state index is 12.8. The van der Waals surface area contributed by atoms with Crippen LogP contribution in [0.2, 0.25) is 5.15 Å². The van der Waals surface area contributed by atoms with Crippen molar-refractivity contribution in [2.45, 2.75) is 12.8 Å². The van der Waals surface area contributed by atoms with E-state index in [0.717, 1.165) is 30.3 Å². The van der Waals surface area contributed by atoms with Gasteiger partial charge in [-0.25, -0.2) is 4.98 Å². The highest BCUT2D eigenvalue weighted by Crippen LogP contribution is 2.24. The van der Waals surface area contributed by atoms with E-state index < -0.39 is 0 Å². The number of nitrogens with zero attached hydrogens (tertiary/aromatic N) is 2. The first kappa shape index (κ1) is 14.3. The summed E-state index contributed by atoms with van der Waals surface area (Å²) in [4.78, 5) is 18.8. The van der Waals surface area contributed by atoms with Crippen molar-refractivity contribution in [3.05, 3.63) is 41.0 Å². The fourth-order valence-corrected chi connectivity index (χ4v) is 3.09. The molecule has 1 saturated heterocycles. The van der Waals surface area contributed by atoms with Crippen LogP contribution in [0.25, 0.3) is 10.9 Å². The Labute approximate surface area is 128 Å². The number of para-hydroxylation sites is 1.